The molecule has 1 aromatic heterocycles. The van der Waals surface area contributed by atoms with Gasteiger partial charge in [-0.1, -0.05) is 33.1 Å². The molecular weight excluding hydrogens is 216 g/mol. The van der Waals surface area contributed by atoms with E-state index in [0.29, 0.717) is 5.92 Å². The second-order valence-corrected chi connectivity index (χ2v) is 5.89. The third-order valence-electron chi connectivity index (χ3n) is 3.84. The highest BCUT2D eigenvalue weighted by molar-refractivity contribution is 7.09. The van der Waals surface area contributed by atoms with Crippen molar-refractivity contribution < 1.29 is 0 Å². The largest absolute Gasteiger partial charge is 0.322 e. The minimum atomic E-state index is 0.122. The van der Waals surface area contributed by atoms with E-state index in [-0.39, 0.29) is 6.04 Å². The van der Waals surface area contributed by atoms with E-state index in [1.807, 2.05) is 11.3 Å². The highest BCUT2D eigenvalue weighted by Crippen LogP contribution is 2.36. The second-order valence-electron chi connectivity index (χ2n) is 5.00. The summed E-state index contributed by atoms with van der Waals surface area (Å²) in [5.74, 6) is 1.25. The molecule has 0 amide bonds. The maximum Gasteiger partial charge on any atom is 0.0959 e. The van der Waals surface area contributed by atoms with Crippen LogP contribution in [-0.2, 0) is 0 Å². The molecule has 0 saturated heterocycles. The fourth-order valence-electron chi connectivity index (χ4n) is 2.36. The number of hydrogen-bond donors (Lipinski definition) is 1. The maximum atomic E-state index is 6.21. The summed E-state index contributed by atoms with van der Waals surface area (Å²) in [4.78, 5) is 4.75. The average Bonchev–Trinajstić information content (AvgIpc) is 2.96. The molecule has 1 aliphatic rings. The first kappa shape index (κ1) is 12.1. The molecule has 2 N–H and O–H groups in total. The molecule has 1 fully saturated rings. The lowest BCUT2D eigenvalue weighted by atomic mass is 9.98. The van der Waals surface area contributed by atoms with Crippen LogP contribution in [0.15, 0.2) is 5.38 Å². The lowest BCUT2D eigenvalue weighted by molar-refractivity contribution is 0.449. The average molecular weight is 238 g/mol. The zero-order valence-electron chi connectivity index (χ0n) is 10.3. The standard InChI is InChI=1S/C13H22N2S/c1-3-9(2)12(14)11-8-16-13(15-11)10-6-4-5-7-10/h8-10,12H,3-7,14H2,1-2H3. The number of rotatable bonds is 4. The SMILES string of the molecule is CCC(C)C(N)c1csc(C2CCCC2)n1. The highest BCUT2D eigenvalue weighted by atomic mass is 32.1. The molecule has 0 aliphatic heterocycles. The zero-order valence-corrected chi connectivity index (χ0v) is 11.1. The number of aromatic nitrogens is 1. The fraction of sp³-hybridized carbons (Fsp3) is 0.769. The number of nitrogens with two attached hydrogens (primary N) is 1. The monoisotopic (exact) mass is 238 g/mol. The van der Waals surface area contributed by atoms with Crippen molar-refractivity contribution in [3.63, 3.8) is 0 Å². The van der Waals surface area contributed by atoms with Gasteiger partial charge in [0.05, 0.1) is 16.7 Å². The van der Waals surface area contributed by atoms with Crippen LogP contribution < -0.4 is 5.73 Å². The zero-order chi connectivity index (χ0) is 11.5. The summed E-state index contributed by atoms with van der Waals surface area (Å²) in [6.07, 6.45) is 6.52. The van der Waals surface area contributed by atoms with Gasteiger partial charge in [0.2, 0.25) is 0 Å². The van der Waals surface area contributed by atoms with Gasteiger partial charge in [-0.05, 0) is 18.8 Å². The molecule has 0 aromatic carbocycles. The van der Waals surface area contributed by atoms with Gasteiger partial charge in [-0.2, -0.15) is 0 Å². The molecule has 2 unspecified atom stereocenters. The lowest BCUT2D eigenvalue weighted by Gasteiger charge is -2.15. The summed E-state index contributed by atoms with van der Waals surface area (Å²) in [5, 5.41) is 3.50. The van der Waals surface area contributed by atoms with E-state index in [2.05, 4.69) is 19.2 Å². The molecule has 2 rings (SSSR count). The molecule has 0 radical (unpaired) electrons. The molecule has 0 bridgehead atoms. The minimum Gasteiger partial charge on any atom is -0.322 e. The van der Waals surface area contributed by atoms with Crippen LogP contribution in [0, 0.1) is 5.92 Å². The van der Waals surface area contributed by atoms with Crippen molar-refractivity contribution in [3.05, 3.63) is 16.1 Å². The minimum absolute atomic E-state index is 0.122. The van der Waals surface area contributed by atoms with Crippen LogP contribution in [0.3, 0.4) is 0 Å². The van der Waals surface area contributed by atoms with Gasteiger partial charge in [0.15, 0.2) is 0 Å². The van der Waals surface area contributed by atoms with Crippen LogP contribution >= 0.6 is 11.3 Å². The third-order valence-corrected chi connectivity index (χ3v) is 4.87. The Bertz CT molecular complexity index is 328. The Hall–Kier alpha value is -0.410. The summed E-state index contributed by atoms with van der Waals surface area (Å²) < 4.78 is 0. The normalized spacial score (nSPS) is 21.2. The summed E-state index contributed by atoms with van der Waals surface area (Å²) >= 11 is 1.81. The molecule has 2 nitrogen and oxygen atoms in total. The van der Waals surface area contributed by atoms with Crippen molar-refractivity contribution in [3.8, 4) is 0 Å². The first-order chi connectivity index (χ1) is 7.72. The fourth-order valence-corrected chi connectivity index (χ4v) is 3.40. The van der Waals surface area contributed by atoms with Crippen LogP contribution in [0.5, 0.6) is 0 Å². The Balaban J connectivity index is 2.06. The summed E-state index contributed by atoms with van der Waals surface area (Å²) in [6, 6.07) is 0.122. The van der Waals surface area contributed by atoms with Crippen molar-refractivity contribution in [2.45, 2.75) is 57.9 Å². The molecule has 2 atom stereocenters. The van der Waals surface area contributed by atoms with Crippen molar-refractivity contribution in [2.24, 2.45) is 11.7 Å². The van der Waals surface area contributed by atoms with Gasteiger partial charge in [-0.3, -0.25) is 0 Å². The topological polar surface area (TPSA) is 38.9 Å². The molecule has 1 saturated carbocycles. The first-order valence-electron chi connectivity index (χ1n) is 6.43. The van der Waals surface area contributed by atoms with Crippen molar-refractivity contribution >= 4 is 11.3 Å². The molecule has 1 aromatic rings. The first-order valence-corrected chi connectivity index (χ1v) is 7.31. The lowest BCUT2D eigenvalue weighted by Crippen LogP contribution is -2.18. The smallest absolute Gasteiger partial charge is 0.0959 e. The van der Waals surface area contributed by atoms with E-state index in [1.54, 1.807) is 0 Å². The quantitative estimate of drug-likeness (QED) is 0.865. The number of thiazole rings is 1. The van der Waals surface area contributed by atoms with E-state index < -0.39 is 0 Å². The van der Waals surface area contributed by atoms with Gasteiger partial charge in [0.1, 0.15) is 0 Å². The van der Waals surface area contributed by atoms with Crippen molar-refractivity contribution in [1.82, 2.24) is 4.98 Å². The molecule has 1 aliphatic carbocycles. The molecule has 90 valence electrons. The van der Waals surface area contributed by atoms with Gasteiger partial charge in [-0.25, -0.2) is 4.98 Å². The van der Waals surface area contributed by atoms with Gasteiger partial charge in [0, 0.05) is 11.3 Å². The predicted octanol–water partition coefficient (Wildman–Crippen LogP) is 3.85. The Labute approximate surface area is 102 Å². The van der Waals surface area contributed by atoms with Gasteiger partial charge < -0.3 is 5.73 Å². The van der Waals surface area contributed by atoms with Crippen LogP contribution in [0.4, 0.5) is 0 Å². The maximum absolute atomic E-state index is 6.21. The van der Waals surface area contributed by atoms with E-state index in [0.717, 1.165) is 18.0 Å². The van der Waals surface area contributed by atoms with Crippen LogP contribution in [0.2, 0.25) is 0 Å². The summed E-state index contributed by atoms with van der Waals surface area (Å²) in [7, 11) is 0. The van der Waals surface area contributed by atoms with Gasteiger partial charge in [-0.15, -0.1) is 11.3 Å². The Morgan fingerprint density at radius 1 is 1.50 bits per heavy atom. The summed E-state index contributed by atoms with van der Waals surface area (Å²) in [5.41, 5.74) is 7.32. The Morgan fingerprint density at radius 3 is 2.81 bits per heavy atom. The van der Waals surface area contributed by atoms with Crippen molar-refractivity contribution in [1.29, 1.82) is 0 Å². The molecular formula is C13H22N2S. The summed E-state index contributed by atoms with van der Waals surface area (Å²) in [6.45, 7) is 4.40. The predicted molar refractivity (Wildman–Crippen MR) is 69.7 cm³/mol. The number of hydrogen-bond acceptors (Lipinski definition) is 3. The second kappa shape index (κ2) is 5.28. The van der Waals surface area contributed by atoms with Crippen LogP contribution in [0.25, 0.3) is 0 Å². The number of nitrogens with zero attached hydrogens (tertiary/aromatic N) is 1. The Morgan fingerprint density at radius 2 is 2.19 bits per heavy atom. The van der Waals surface area contributed by atoms with E-state index in [1.165, 1.54) is 30.7 Å². The van der Waals surface area contributed by atoms with Crippen molar-refractivity contribution in [2.75, 3.05) is 0 Å². The molecule has 16 heavy (non-hydrogen) atoms. The van der Waals surface area contributed by atoms with E-state index in [4.69, 9.17) is 10.7 Å². The van der Waals surface area contributed by atoms with Crippen LogP contribution in [0.1, 0.15) is 68.6 Å². The van der Waals surface area contributed by atoms with Gasteiger partial charge >= 0.3 is 0 Å². The highest BCUT2D eigenvalue weighted by Gasteiger charge is 2.22. The van der Waals surface area contributed by atoms with E-state index in [9.17, 15) is 0 Å². The molecule has 1 heterocycles. The van der Waals surface area contributed by atoms with E-state index >= 15 is 0 Å². The van der Waals surface area contributed by atoms with Gasteiger partial charge in [0.25, 0.3) is 0 Å². The molecule has 3 heteroatoms. The molecule has 0 spiro atoms. The third kappa shape index (κ3) is 2.46. The Kier molecular flexibility index (Phi) is 3.98. The van der Waals surface area contributed by atoms with Crippen LogP contribution in [-0.4, -0.2) is 4.98 Å².